The normalized spacial score (nSPS) is 13.0. The molecule has 0 aromatic heterocycles. The Bertz CT molecular complexity index is 694. The summed E-state index contributed by atoms with van der Waals surface area (Å²) in [6, 6.07) is 0. The maximum atomic E-state index is 12.6. The molecule has 254 valence electrons. The van der Waals surface area contributed by atoms with Crippen LogP contribution < -0.4 is 0 Å². The van der Waals surface area contributed by atoms with Crippen LogP contribution in [0.5, 0.6) is 0 Å². The molecule has 0 aromatic carbocycles. The van der Waals surface area contributed by atoms with Crippen LogP contribution in [0.25, 0.3) is 0 Å². The van der Waals surface area contributed by atoms with Crippen LogP contribution >= 0.6 is 0 Å². The van der Waals surface area contributed by atoms with Crippen LogP contribution in [-0.4, -0.2) is 87.4 Å². The van der Waals surface area contributed by atoms with Gasteiger partial charge in [-0.1, -0.05) is 117 Å². The summed E-state index contributed by atoms with van der Waals surface area (Å²) in [6.45, 7) is 4.78. The van der Waals surface area contributed by atoms with Gasteiger partial charge in [-0.2, -0.15) is 0 Å². The van der Waals surface area contributed by atoms with Crippen molar-refractivity contribution < 1.29 is 42.9 Å². The van der Waals surface area contributed by atoms with Crippen molar-refractivity contribution in [3.63, 3.8) is 0 Å². The van der Waals surface area contributed by atoms with Gasteiger partial charge in [0.05, 0.1) is 34.4 Å². The number of unbranched alkanes of at least 4 members (excludes halogenated alkanes) is 16. The largest absolute Gasteiger partial charge is 0.477 e. The second-order valence-electron chi connectivity index (χ2n) is 12.8. The molecule has 0 fully saturated rings. The lowest BCUT2D eigenvalue weighted by atomic mass is 10.0. The minimum Gasteiger partial charge on any atom is -0.477 e. The first kappa shape index (κ1) is 41.3. The van der Waals surface area contributed by atoms with Gasteiger partial charge in [0, 0.05) is 12.8 Å². The molecule has 0 saturated carbocycles. The van der Waals surface area contributed by atoms with Crippen molar-refractivity contribution in [3.8, 4) is 0 Å². The lowest BCUT2D eigenvalue weighted by Gasteiger charge is -2.25. The Kier molecular flexibility index (Phi) is 26.7. The number of aliphatic carboxylic acids is 1. The summed E-state index contributed by atoms with van der Waals surface area (Å²) in [5, 5.41) is 9.52. The van der Waals surface area contributed by atoms with Gasteiger partial charge in [0.1, 0.15) is 13.2 Å². The fourth-order valence-electron chi connectivity index (χ4n) is 4.60. The van der Waals surface area contributed by atoms with Gasteiger partial charge < -0.3 is 28.5 Å². The number of carboxylic acid groups (broad SMARTS) is 1. The SMILES string of the molecule is CCCCCCCCCCCCCCC(=O)OC(COC(=O)CCCCCCCC)COC(OCC[N+](C)(C)C)C(=O)O. The van der Waals surface area contributed by atoms with Crippen LogP contribution in [0.3, 0.4) is 0 Å². The van der Waals surface area contributed by atoms with E-state index in [-0.39, 0.29) is 32.2 Å². The Morgan fingerprint density at radius 3 is 1.49 bits per heavy atom. The second-order valence-corrected chi connectivity index (χ2v) is 12.8. The van der Waals surface area contributed by atoms with E-state index >= 15 is 0 Å². The third-order valence-electron chi connectivity index (χ3n) is 7.36. The maximum Gasteiger partial charge on any atom is 0.361 e. The molecular weight excluding hydrogens is 550 g/mol. The van der Waals surface area contributed by atoms with Gasteiger partial charge in [-0.05, 0) is 12.8 Å². The minimum atomic E-state index is -1.50. The summed E-state index contributed by atoms with van der Waals surface area (Å²) in [7, 11) is 5.93. The molecule has 9 heteroatoms. The fraction of sp³-hybridized carbons (Fsp3) is 0.912. The first-order chi connectivity index (χ1) is 20.6. The molecule has 0 heterocycles. The van der Waals surface area contributed by atoms with Crippen molar-refractivity contribution in [3.05, 3.63) is 0 Å². The van der Waals surface area contributed by atoms with E-state index in [1.807, 2.05) is 21.1 Å². The van der Waals surface area contributed by atoms with Crippen molar-refractivity contribution in [2.24, 2.45) is 0 Å². The highest BCUT2D eigenvalue weighted by Gasteiger charge is 2.25. The van der Waals surface area contributed by atoms with Crippen LogP contribution in [-0.2, 0) is 33.3 Å². The fourth-order valence-corrected chi connectivity index (χ4v) is 4.60. The number of quaternary nitrogens is 1. The molecule has 0 aromatic rings. The third-order valence-corrected chi connectivity index (χ3v) is 7.36. The smallest absolute Gasteiger partial charge is 0.361 e. The van der Waals surface area contributed by atoms with Gasteiger partial charge in [-0.15, -0.1) is 0 Å². The van der Waals surface area contributed by atoms with Gasteiger partial charge in [-0.25, -0.2) is 4.79 Å². The molecule has 9 nitrogen and oxygen atoms in total. The highest BCUT2D eigenvalue weighted by molar-refractivity contribution is 5.71. The quantitative estimate of drug-likeness (QED) is 0.0371. The Morgan fingerprint density at radius 2 is 1.05 bits per heavy atom. The molecule has 0 spiro atoms. The Balaban J connectivity index is 4.55. The molecule has 1 N–H and O–H groups in total. The maximum absolute atomic E-state index is 12.6. The topological polar surface area (TPSA) is 108 Å². The van der Waals surface area contributed by atoms with Gasteiger partial charge in [-0.3, -0.25) is 9.59 Å². The van der Waals surface area contributed by atoms with E-state index in [2.05, 4.69) is 13.8 Å². The van der Waals surface area contributed by atoms with Gasteiger partial charge in [0.25, 0.3) is 6.29 Å². The van der Waals surface area contributed by atoms with Gasteiger partial charge in [0.15, 0.2) is 6.10 Å². The lowest BCUT2D eigenvalue weighted by molar-refractivity contribution is -0.870. The summed E-state index contributed by atoms with van der Waals surface area (Å²) in [4.78, 5) is 36.5. The van der Waals surface area contributed by atoms with E-state index < -0.39 is 24.3 Å². The number of carbonyl (C=O) groups excluding carboxylic acids is 2. The Hall–Kier alpha value is -1.71. The van der Waals surface area contributed by atoms with E-state index in [4.69, 9.17) is 18.9 Å². The number of hydrogen-bond donors (Lipinski definition) is 1. The zero-order chi connectivity index (χ0) is 32.2. The number of likely N-dealkylation sites (N-methyl/N-ethyl adjacent to an activating group) is 1. The van der Waals surface area contributed by atoms with E-state index in [1.165, 1.54) is 77.0 Å². The Labute approximate surface area is 262 Å². The number of ether oxygens (including phenoxy) is 4. The predicted octanol–water partition coefficient (Wildman–Crippen LogP) is 7.43. The van der Waals surface area contributed by atoms with E-state index in [1.54, 1.807) is 0 Å². The highest BCUT2D eigenvalue weighted by Crippen LogP contribution is 2.14. The van der Waals surface area contributed by atoms with Crippen LogP contribution in [0, 0.1) is 0 Å². The number of nitrogens with zero attached hydrogens (tertiary/aromatic N) is 1. The van der Waals surface area contributed by atoms with Gasteiger partial charge >= 0.3 is 17.9 Å². The molecule has 0 aliphatic heterocycles. The molecule has 0 amide bonds. The minimum absolute atomic E-state index is 0.177. The zero-order valence-electron chi connectivity index (χ0n) is 28.4. The lowest BCUT2D eigenvalue weighted by Crippen LogP contribution is -2.40. The van der Waals surface area contributed by atoms with Crippen molar-refractivity contribution in [1.29, 1.82) is 0 Å². The molecule has 2 atom stereocenters. The predicted molar refractivity (Wildman–Crippen MR) is 171 cm³/mol. The van der Waals surface area contributed by atoms with Crippen LogP contribution in [0.2, 0.25) is 0 Å². The van der Waals surface area contributed by atoms with E-state index in [0.717, 1.165) is 38.5 Å². The van der Waals surface area contributed by atoms with E-state index in [9.17, 15) is 19.5 Å². The number of hydrogen-bond acceptors (Lipinski definition) is 7. The average molecular weight is 617 g/mol. The molecule has 0 rings (SSSR count). The monoisotopic (exact) mass is 616 g/mol. The van der Waals surface area contributed by atoms with Crippen molar-refractivity contribution in [1.82, 2.24) is 0 Å². The van der Waals surface area contributed by atoms with Crippen molar-refractivity contribution in [2.45, 2.75) is 155 Å². The number of carboxylic acids is 1. The first-order valence-electron chi connectivity index (χ1n) is 17.2. The third kappa shape index (κ3) is 28.8. The molecule has 0 radical (unpaired) electrons. The van der Waals surface area contributed by atoms with E-state index in [0.29, 0.717) is 17.4 Å². The number of carbonyl (C=O) groups is 3. The first-order valence-corrected chi connectivity index (χ1v) is 17.2. The van der Waals surface area contributed by atoms with Crippen LogP contribution in [0.15, 0.2) is 0 Å². The summed E-state index contributed by atoms with van der Waals surface area (Å²) in [6.07, 6.45) is 19.0. The molecule has 0 aliphatic carbocycles. The van der Waals surface area contributed by atoms with Crippen molar-refractivity contribution >= 4 is 17.9 Å². The van der Waals surface area contributed by atoms with Crippen LogP contribution in [0.1, 0.15) is 142 Å². The molecule has 43 heavy (non-hydrogen) atoms. The van der Waals surface area contributed by atoms with Gasteiger partial charge in [0.2, 0.25) is 0 Å². The zero-order valence-corrected chi connectivity index (χ0v) is 28.4. The Morgan fingerprint density at radius 1 is 0.605 bits per heavy atom. The molecule has 0 aliphatic rings. The molecule has 0 bridgehead atoms. The number of rotatable bonds is 31. The standard InChI is InChI=1S/C34H65NO8/c1-6-8-10-12-14-15-16-17-18-19-21-23-25-32(37)43-30(28-41-31(36)24-22-20-13-11-9-7-2)29-42-34(33(38)39)40-27-26-35(3,4)5/h30,34H,6-29H2,1-5H3/p+1. The van der Waals surface area contributed by atoms with Crippen LogP contribution in [0.4, 0.5) is 0 Å². The average Bonchev–Trinajstić information content (AvgIpc) is 2.94. The highest BCUT2D eigenvalue weighted by atomic mass is 16.7. The molecule has 0 saturated heterocycles. The summed E-state index contributed by atoms with van der Waals surface area (Å²) in [5.74, 6) is -2.01. The summed E-state index contributed by atoms with van der Waals surface area (Å²) >= 11 is 0. The van der Waals surface area contributed by atoms with Crippen molar-refractivity contribution in [2.75, 3.05) is 47.5 Å². The molecular formula is C34H66NO8+. The second kappa shape index (κ2) is 27.8. The number of esters is 2. The summed E-state index contributed by atoms with van der Waals surface area (Å²) in [5.41, 5.74) is 0. The molecule has 2 unspecified atom stereocenters. The summed E-state index contributed by atoms with van der Waals surface area (Å²) < 4.78 is 22.4.